The van der Waals surface area contributed by atoms with Gasteiger partial charge in [0.25, 0.3) is 6.08 Å². The molecule has 0 aromatic heterocycles. The number of hydrogen-bond donors (Lipinski definition) is 0. The fourth-order valence-corrected chi connectivity index (χ4v) is 3.77. The maximum atomic E-state index is 12.3. The van der Waals surface area contributed by atoms with Crippen LogP contribution in [0, 0.1) is 17.8 Å². The third kappa shape index (κ3) is 7.43. The first-order chi connectivity index (χ1) is 11.7. The second-order valence-electron chi connectivity index (χ2n) is 7.26. The predicted octanol–water partition coefficient (Wildman–Crippen LogP) is 6.09. The monoisotopic (exact) mass is 342 g/mol. The molecule has 2 rings (SSSR count). The molecule has 0 radical (unpaired) electrons. The molecule has 1 aliphatic carbocycles. The largest absolute Gasteiger partial charge is 0.349 e. The average molecular weight is 342 g/mol. The van der Waals surface area contributed by atoms with Gasteiger partial charge in [0, 0.05) is 5.92 Å². The number of hydrogen-bond acceptors (Lipinski definition) is 2. The molecular formula is C20H32F2O2. The van der Waals surface area contributed by atoms with Crippen molar-refractivity contribution >= 4 is 0 Å². The lowest BCUT2D eigenvalue weighted by Gasteiger charge is -2.28. The van der Waals surface area contributed by atoms with E-state index in [-0.39, 0.29) is 12.2 Å². The second-order valence-corrected chi connectivity index (χ2v) is 7.26. The van der Waals surface area contributed by atoms with Crippen LogP contribution in [-0.4, -0.2) is 19.5 Å². The Morgan fingerprint density at radius 1 is 0.958 bits per heavy atom. The first-order valence-corrected chi connectivity index (χ1v) is 9.60. The first-order valence-electron chi connectivity index (χ1n) is 9.60. The molecule has 0 bridgehead atoms. The molecule has 0 aromatic carbocycles. The van der Waals surface area contributed by atoms with Crippen LogP contribution in [0.15, 0.2) is 24.3 Å². The van der Waals surface area contributed by atoms with Crippen molar-refractivity contribution in [3.8, 4) is 0 Å². The van der Waals surface area contributed by atoms with Crippen molar-refractivity contribution in [1.82, 2.24) is 0 Å². The summed E-state index contributed by atoms with van der Waals surface area (Å²) in [5, 5.41) is 0. The van der Waals surface area contributed by atoms with Gasteiger partial charge in [0.1, 0.15) is 0 Å². The van der Waals surface area contributed by atoms with Crippen LogP contribution in [0.2, 0.25) is 0 Å². The van der Waals surface area contributed by atoms with E-state index in [2.05, 4.69) is 13.0 Å². The Labute approximate surface area is 145 Å². The zero-order valence-electron chi connectivity index (χ0n) is 14.9. The Bertz CT molecular complexity index is 388. The third-order valence-corrected chi connectivity index (χ3v) is 5.25. The number of rotatable bonds is 8. The van der Waals surface area contributed by atoms with Gasteiger partial charge in [-0.25, -0.2) is 0 Å². The maximum absolute atomic E-state index is 12.3. The van der Waals surface area contributed by atoms with Crippen LogP contribution >= 0.6 is 0 Å². The van der Waals surface area contributed by atoms with Crippen LogP contribution in [0.25, 0.3) is 0 Å². The van der Waals surface area contributed by atoms with Crippen molar-refractivity contribution in [3.63, 3.8) is 0 Å². The van der Waals surface area contributed by atoms with Crippen molar-refractivity contribution in [2.45, 2.75) is 71.0 Å². The highest BCUT2D eigenvalue weighted by Crippen LogP contribution is 2.33. The molecule has 138 valence electrons. The smallest absolute Gasteiger partial charge is 0.266 e. The summed E-state index contributed by atoms with van der Waals surface area (Å²) in [5.41, 5.74) is 0. The van der Waals surface area contributed by atoms with E-state index in [1.807, 2.05) is 6.08 Å². The molecule has 1 aliphatic heterocycles. The van der Waals surface area contributed by atoms with E-state index < -0.39 is 6.08 Å². The molecule has 0 N–H and O–H groups in total. The Balaban J connectivity index is 1.50. The predicted molar refractivity (Wildman–Crippen MR) is 92.8 cm³/mol. The molecule has 2 aliphatic rings. The van der Waals surface area contributed by atoms with Gasteiger partial charge in [0.2, 0.25) is 0 Å². The highest BCUT2D eigenvalue weighted by molar-refractivity contribution is 4.90. The Morgan fingerprint density at radius 3 is 2.17 bits per heavy atom. The van der Waals surface area contributed by atoms with Crippen LogP contribution in [0.5, 0.6) is 0 Å². The maximum Gasteiger partial charge on any atom is 0.266 e. The number of ether oxygens (including phenoxy) is 2. The Kier molecular flexibility index (Phi) is 8.97. The highest BCUT2D eigenvalue weighted by atomic mass is 19.3. The second kappa shape index (κ2) is 11.0. The van der Waals surface area contributed by atoms with E-state index in [0.29, 0.717) is 5.92 Å². The van der Waals surface area contributed by atoms with Gasteiger partial charge >= 0.3 is 0 Å². The molecule has 4 heteroatoms. The fourth-order valence-electron chi connectivity index (χ4n) is 3.77. The molecule has 0 spiro atoms. The number of allylic oxidation sites excluding steroid dienone is 2. The lowest BCUT2D eigenvalue weighted by molar-refractivity contribution is -0.175. The van der Waals surface area contributed by atoms with Crippen molar-refractivity contribution < 1.29 is 18.3 Å². The summed E-state index contributed by atoms with van der Waals surface area (Å²) in [5.74, 6) is 1.36. The van der Waals surface area contributed by atoms with E-state index in [4.69, 9.17) is 9.47 Å². The van der Waals surface area contributed by atoms with Crippen molar-refractivity contribution in [2.24, 2.45) is 17.8 Å². The molecule has 1 heterocycles. The molecule has 1 saturated heterocycles. The molecule has 2 nitrogen and oxygen atoms in total. The minimum Gasteiger partial charge on any atom is -0.349 e. The van der Waals surface area contributed by atoms with Crippen LogP contribution in [-0.2, 0) is 9.47 Å². The lowest BCUT2D eigenvalue weighted by Crippen LogP contribution is -2.30. The third-order valence-electron chi connectivity index (χ3n) is 5.25. The molecule has 0 unspecified atom stereocenters. The summed E-state index contributed by atoms with van der Waals surface area (Å²) in [6, 6.07) is 0. The van der Waals surface area contributed by atoms with Crippen LogP contribution in [0.3, 0.4) is 0 Å². The first kappa shape index (κ1) is 19.6. The van der Waals surface area contributed by atoms with E-state index in [1.54, 1.807) is 0 Å². The molecule has 24 heavy (non-hydrogen) atoms. The van der Waals surface area contributed by atoms with E-state index >= 15 is 0 Å². The number of halogens is 2. The van der Waals surface area contributed by atoms with Gasteiger partial charge < -0.3 is 9.47 Å². The van der Waals surface area contributed by atoms with Gasteiger partial charge in [-0.2, -0.15) is 8.78 Å². The Morgan fingerprint density at radius 2 is 1.58 bits per heavy atom. The molecular weight excluding hydrogens is 310 g/mol. The van der Waals surface area contributed by atoms with Crippen LogP contribution in [0.1, 0.15) is 64.7 Å². The van der Waals surface area contributed by atoms with Crippen molar-refractivity contribution in [2.75, 3.05) is 13.2 Å². The summed E-state index contributed by atoms with van der Waals surface area (Å²) >= 11 is 0. The van der Waals surface area contributed by atoms with Crippen molar-refractivity contribution in [1.29, 1.82) is 0 Å². The van der Waals surface area contributed by atoms with E-state index in [0.717, 1.165) is 63.7 Å². The van der Waals surface area contributed by atoms with Crippen LogP contribution in [0.4, 0.5) is 8.78 Å². The normalized spacial score (nSPS) is 31.3. The summed E-state index contributed by atoms with van der Waals surface area (Å²) in [7, 11) is 0. The minimum absolute atomic E-state index is 0.109. The van der Waals surface area contributed by atoms with Crippen molar-refractivity contribution in [3.05, 3.63) is 24.3 Å². The molecule has 1 saturated carbocycles. The zero-order chi connectivity index (χ0) is 17.2. The summed E-state index contributed by atoms with van der Waals surface area (Å²) in [4.78, 5) is 0. The van der Waals surface area contributed by atoms with E-state index in [1.165, 1.54) is 19.3 Å². The standard InChI is InChI=1S/C20H32F2O2/c1-2-3-8-20-23-14-18(15-24-20)7-5-4-6-16-9-11-17(12-10-16)13-19(21)22/h3,8,13,16-18,20H,2,4-7,9-12,14-15H2,1H3. The summed E-state index contributed by atoms with van der Waals surface area (Å²) in [6.07, 6.45) is 13.5. The topological polar surface area (TPSA) is 18.5 Å². The van der Waals surface area contributed by atoms with Gasteiger partial charge in [-0.05, 0) is 62.5 Å². The van der Waals surface area contributed by atoms with Crippen LogP contribution < -0.4 is 0 Å². The van der Waals surface area contributed by atoms with Gasteiger partial charge in [-0.1, -0.05) is 32.3 Å². The summed E-state index contributed by atoms with van der Waals surface area (Å²) in [6.45, 7) is 3.69. The van der Waals surface area contributed by atoms with Gasteiger partial charge in [-0.15, -0.1) is 0 Å². The highest BCUT2D eigenvalue weighted by Gasteiger charge is 2.22. The zero-order valence-corrected chi connectivity index (χ0v) is 14.9. The molecule has 0 atom stereocenters. The Hall–Kier alpha value is -0.740. The van der Waals surface area contributed by atoms with Gasteiger partial charge in [-0.3, -0.25) is 0 Å². The van der Waals surface area contributed by atoms with Gasteiger partial charge in [0.15, 0.2) is 6.29 Å². The minimum atomic E-state index is -1.51. The SMILES string of the molecule is CCC=CC1OCC(CCCCC2CCC(C=C(F)F)CC2)CO1. The molecule has 2 fully saturated rings. The lowest BCUT2D eigenvalue weighted by atomic mass is 9.79. The van der Waals surface area contributed by atoms with Gasteiger partial charge in [0.05, 0.1) is 13.2 Å². The van der Waals surface area contributed by atoms with E-state index in [9.17, 15) is 8.78 Å². The molecule has 0 aromatic rings. The fraction of sp³-hybridized carbons (Fsp3) is 0.800. The summed E-state index contributed by atoms with van der Waals surface area (Å²) < 4.78 is 35.9. The average Bonchev–Trinajstić information content (AvgIpc) is 2.59. The number of unbranched alkanes of at least 4 members (excludes halogenated alkanes) is 1. The quantitative estimate of drug-likeness (QED) is 0.392. The molecule has 0 amide bonds.